The summed E-state index contributed by atoms with van der Waals surface area (Å²) in [7, 11) is 4.18. The van der Waals surface area contributed by atoms with E-state index >= 15 is 0 Å². The van der Waals surface area contributed by atoms with Gasteiger partial charge in [0.05, 0.1) is 0 Å². The van der Waals surface area contributed by atoms with E-state index in [9.17, 15) is 0 Å². The zero-order valence-electron chi connectivity index (χ0n) is 12.0. The van der Waals surface area contributed by atoms with E-state index in [2.05, 4.69) is 79.8 Å². The minimum atomic E-state index is 0.868. The van der Waals surface area contributed by atoms with Crippen LogP contribution in [-0.2, 0) is 13.1 Å². The van der Waals surface area contributed by atoms with Gasteiger partial charge >= 0.3 is 0 Å². The van der Waals surface area contributed by atoms with Crippen LogP contribution in [0.5, 0.6) is 0 Å². The molecular formula is C17H22N2. The Kier molecular flexibility index (Phi) is 4.58. The minimum absolute atomic E-state index is 0.868. The van der Waals surface area contributed by atoms with Crippen molar-refractivity contribution in [3.63, 3.8) is 0 Å². The maximum absolute atomic E-state index is 3.48. The average molecular weight is 254 g/mol. The van der Waals surface area contributed by atoms with Gasteiger partial charge in [0.15, 0.2) is 0 Å². The number of nitrogens with one attached hydrogen (secondary N) is 1. The fraction of sp³-hybridized carbons (Fsp3) is 0.294. The third-order valence-electron chi connectivity index (χ3n) is 3.00. The molecule has 100 valence electrons. The predicted molar refractivity (Wildman–Crippen MR) is 82.3 cm³/mol. The Morgan fingerprint density at radius 2 is 1.68 bits per heavy atom. The molecule has 0 aromatic heterocycles. The van der Waals surface area contributed by atoms with Gasteiger partial charge in [-0.3, -0.25) is 0 Å². The van der Waals surface area contributed by atoms with Gasteiger partial charge in [0.1, 0.15) is 0 Å². The molecule has 0 spiro atoms. The van der Waals surface area contributed by atoms with Gasteiger partial charge in [-0.1, -0.05) is 42.0 Å². The Morgan fingerprint density at radius 3 is 2.42 bits per heavy atom. The van der Waals surface area contributed by atoms with E-state index in [-0.39, 0.29) is 0 Å². The molecule has 2 aromatic carbocycles. The Hall–Kier alpha value is -1.80. The number of anilines is 1. The summed E-state index contributed by atoms with van der Waals surface area (Å²) in [6, 6.07) is 17.2. The maximum atomic E-state index is 3.48. The first-order chi connectivity index (χ1) is 9.13. The zero-order chi connectivity index (χ0) is 13.7. The van der Waals surface area contributed by atoms with Crippen LogP contribution < -0.4 is 5.32 Å². The summed E-state index contributed by atoms with van der Waals surface area (Å²) in [5, 5.41) is 3.48. The molecule has 0 saturated heterocycles. The molecule has 1 N–H and O–H groups in total. The summed E-state index contributed by atoms with van der Waals surface area (Å²) >= 11 is 0. The smallest absolute Gasteiger partial charge is 0.0400 e. The van der Waals surface area contributed by atoms with Crippen LogP contribution >= 0.6 is 0 Å². The molecule has 0 aliphatic heterocycles. The first-order valence-corrected chi connectivity index (χ1v) is 6.66. The summed E-state index contributed by atoms with van der Waals surface area (Å²) in [5.41, 5.74) is 5.14. The Balaban J connectivity index is 1.99. The molecule has 19 heavy (non-hydrogen) atoms. The van der Waals surface area contributed by atoms with Crippen LogP contribution in [0.15, 0.2) is 48.5 Å². The second-order valence-electron chi connectivity index (χ2n) is 5.28. The normalized spacial score (nSPS) is 10.7. The predicted octanol–water partition coefficient (Wildman–Crippen LogP) is 3.67. The first kappa shape index (κ1) is 13.6. The van der Waals surface area contributed by atoms with Gasteiger partial charge in [0.25, 0.3) is 0 Å². The van der Waals surface area contributed by atoms with E-state index < -0.39 is 0 Å². The van der Waals surface area contributed by atoms with Crippen molar-refractivity contribution in [2.24, 2.45) is 0 Å². The summed E-state index contributed by atoms with van der Waals surface area (Å²) in [5.74, 6) is 0. The third-order valence-corrected chi connectivity index (χ3v) is 3.00. The first-order valence-electron chi connectivity index (χ1n) is 6.66. The van der Waals surface area contributed by atoms with Crippen LogP contribution in [0, 0.1) is 6.92 Å². The highest BCUT2D eigenvalue weighted by Gasteiger charge is 1.98. The van der Waals surface area contributed by atoms with E-state index in [4.69, 9.17) is 0 Å². The largest absolute Gasteiger partial charge is 0.381 e. The van der Waals surface area contributed by atoms with Crippen LogP contribution in [0.1, 0.15) is 16.7 Å². The van der Waals surface area contributed by atoms with Crippen LogP contribution in [0.4, 0.5) is 5.69 Å². The van der Waals surface area contributed by atoms with E-state index in [1.165, 1.54) is 22.4 Å². The van der Waals surface area contributed by atoms with E-state index in [0.717, 1.165) is 13.1 Å². The molecule has 0 aliphatic rings. The number of hydrogen-bond acceptors (Lipinski definition) is 2. The van der Waals surface area contributed by atoms with Crippen LogP contribution in [0.2, 0.25) is 0 Å². The molecule has 0 fully saturated rings. The molecule has 0 heterocycles. The number of benzene rings is 2. The molecule has 0 atom stereocenters. The van der Waals surface area contributed by atoms with Gasteiger partial charge in [-0.2, -0.15) is 0 Å². The van der Waals surface area contributed by atoms with Crippen molar-refractivity contribution in [3.8, 4) is 0 Å². The molecule has 0 bridgehead atoms. The summed E-state index contributed by atoms with van der Waals surface area (Å²) in [6.07, 6.45) is 0. The van der Waals surface area contributed by atoms with Crippen molar-refractivity contribution < 1.29 is 0 Å². The monoisotopic (exact) mass is 254 g/mol. The fourth-order valence-corrected chi connectivity index (χ4v) is 2.17. The molecule has 0 aliphatic carbocycles. The number of aryl methyl sites for hydroxylation is 1. The molecule has 0 saturated carbocycles. The van der Waals surface area contributed by atoms with Gasteiger partial charge in [-0.25, -0.2) is 0 Å². The number of rotatable bonds is 5. The van der Waals surface area contributed by atoms with Crippen molar-refractivity contribution in [2.45, 2.75) is 20.0 Å². The lowest BCUT2D eigenvalue weighted by Crippen LogP contribution is -2.10. The van der Waals surface area contributed by atoms with Crippen LogP contribution in [0.3, 0.4) is 0 Å². The van der Waals surface area contributed by atoms with Crippen molar-refractivity contribution in [1.29, 1.82) is 0 Å². The Bertz CT molecular complexity index is 532. The SMILES string of the molecule is Cc1cccc(CNc2cccc(CN(C)C)c2)c1. The average Bonchev–Trinajstić information content (AvgIpc) is 2.36. The quantitative estimate of drug-likeness (QED) is 0.876. The van der Waals surface area contributed by atoms with E-state index in [1.54, 1.807) is 0 Å². The van der Waals surface area contributed by atoms with Gasteiger partial charge in [-0.05, 0) is 44.3 Å². The second-order valence-corrected chi connectivity index (χ2v) is 5.28. The van der Waals surface area contributed by atoms with E-state index in [0.29, 0.717) is 0 Å². The lowest BCUT2D eigenvalue weighted by atomic mass is 10.1. The molecule has 0 amide bonds. The highest BCUT2D eigenvalue weighted by atomic mass is 15.0. The van der Waals surface area contributed by atoms with Crippen molar-refractivity contribution in [2.75, 3.05) is 19.4 Å². The molecule has 2 heteroatoms. The highest BCUT2D eigenvalue weighted by molar-refractivity contribution is 5.46. The lowest BCUT2D eigenvalue weighted by Gasteiger charge is -2.12. The number of hydrogen-bond donors (Lipinski definition) is 1. The third kappa shape index (κ3) is 4.42. The summed E-state index contributed by atoms with van der Waals surface area (Å²) in [6.45, 7) is 3.97. The Morgan fingerprint density at radius 1 is 0.947 bits per heavy atom. The van der Waals surface area contributed by atoms with E-state index in [1.807, 2.05) is 0 Å². The van der Waals surface area contributed by atoms with Gasteiger partial charge in [-0.15, -0.1) is 0 Å². The minimum Gasteiger partial charge on any atom is -0.381 e. The van der Waals surface area contributed by atoms with Crippen LogP contribution in [-0.4, -0.2) is 19.0 Å². The lowest BCUT2D eigenvalue weighted by molar-refractivity contribution is 0.402. The molecule has 2 rings (SSSR count). The van der Waals surface area contributed by atoms with Gasteiger partial charge in [0, 0.05) is 18.8 Å². The van der Waals surface area contributed by atoms with Gasteiger partial charge < -0.3 is 10.2 Å². The van der Waals surface area contributed by atoms with Crippen molar-refractivity contribution in [1.82, 2.24) is 4.90 Å². The standard InChI is InChI=1S/C17H22N2/c1-14-6-4-7-15(10-14)12-18-17-9-5-8-16(11-17)13-19(2)3/h4-11,18H,12-13H2,1-3H3. The molecule has 0 radical (unpaired) electrons. The summed E-state index contributed by atoms with van der Waals surface area (Å²) in [4.78, 5) is 2.18. The molecule has 2 aromatic rings. The van der Waals surface area contributed by atoms with Gasteiger partial charge in [0.2, 0.25) is 0 Å². The highest BCUT2D eigenvalue weighted by Crippen LogP contribution is 2.13. The zero-order valence-corrected chi connectivity index (χ0v) is 12.0. The van der Waals surface area contributed by atoms with Crippen LogP contribution in [0.25, 0.3) is 0 Å². The molecule has 2 nitrogen and oxygen atoms in total. The summed E-state index contributed by atoms with van der Waals surface area (Å²) < 4.78 is 0. The fourth-order valence-electron chi connectivity index (χ4n) is 2.17. The number of nitrogens with zero attached hydrogens (tertiary/aromatic N) is 1. The van der Waals surface area contributed by atoms with Crippen molar-refractivity contribution in [3.05, 3.63) is 65.2 Å². The molecular weight excluding hydrogens is 232 g/mol. The second kappa shape index (κ2) is 6.39. The van der Waals surface area contributed by atoms with Crippen molar-refractivity contribution >= 4 is 5.69 Å². The topological polar surface area (TPSA) is 15.3 Å². The molecule has 0 unspecified atom stereocenters. The maximum Gasteiger partial charge on any atom is 0.0400 e. The Labute approximate surface area is 116 Å².